The number of nitrogens with one attached hydrogen (secondary N) is 1. The number of furan rings is 1. The van der Waals surface area contributed by atoms with Crippen molar-refractivity contribution in [2.45, 2.75) is 46.2 Å². The van der Waals surface area contributed by atoms with Gasteiger partial charge in [-0.3, -0.25) is 14.2 Å². The number of hydrogen-bond acceptors (Lipinski definition) is 6. The van der Waals surface area contributed by atoms with Gasteiger partial charge in [-0.2, -0.15) is 0 Å². The Balaban J connectivity index is 1.45. The number of aryl methyl sites for hydroxylation is 2. The molecule has 1 aliphatic rings. The van der Waals surface area contributed by atoms with Crippen LogP contribution in [0.2, 0.25) is 0 Å². The molecule has 1 aromatic carbocycles. The second-order valence-electron chi connectivity index (χ2n) is 7.78. The number of benzene rings is 1. The summed E-state index contributed by atoms with van der Waals surface area (Å²) in [7, 11) is 0. The van der Waals surface area contributed by atoms with Crippen molar-refractivity contribution in [1.29, 1.82) is 0 Å². The Hall–Kier alpha value is -3.13. The molecule has 0 aliphatic carbocycles. The third kappa shape index (κ3) is 3.22. The molecule has 8 heteroatoms. The zero-order valence-corrected chi connectivity index (χ0v) is 18.5. The summed E-state index contributed by atoms with van der Waals surface area (Å²) in [6.45, 7) is 6.86. The molecule has 1 aliphatic heterocycles. The van der Waals surface area contributed by atoms with Gasteiger partial charge in [0.15, 0.2) is 11.3 Å². The molecule has 0 spiro atoms. The number of ether oxygens (including phenoxy) is 1. The summed E-state index contributed by atoms with van der Waals surface area (Å²) < 4.78 is 13.4. The van der Waals surface area contributed by atoms with E-state index < -0.39 is 0 Å². The summed E-state index contributed by atoms with van der Waals surface area (Å²) in [5.74, 6) is 1.91. The minimum atomic E-state index is -0.349. The first-order valence-electron chi connectivity index (χ1n) is 10.5. The van der Waals surface area contributed by atoms with E-state index in [2.05, 4.69) is 10.3 Å². The number of fused-ring (bicyclic) bond motifs is 3. The van der Waals surface area contributed by atoms with Crippen LogP contribution < -0.4 is 15.6 Å². The normalized spacial score (nSPS) is 14.2. The molecule has 0 radical (unpaired) electrons. The quantitative estimate of drug-likeness (QED) is 0.502. The van der Waals surface area contributed by atoms with Crippen LogP contribution in [0.5, 0.6) is 5.75 Å². The van der Waals surface area contributed by atoms with Crippen molar-refractivity contribution < 1.29 is 13.9 Å². The van der Waals surface area contributed by atoms with Gasteiger partial charge < -0.3 is 14.5 Å². The summed E-state index contributed by atoms with van der Waals surface area (Å²) in [5.41, 5.74) is 1.32. The van der Waals surface area contributed by atoms with Crippen molar-refractivity contribution >= 4 is 38.4 Å². The number of aromatic nitrogens is 2. The molecule has 1 amide bonds. The Morgan fingerprint density at radius 1 is 1.42 bits per heavy atom. The number of thiophene rings is 1. The van der Waals surface area contributed by atoms with Gasteiger partial charge >= 0.3 is 0 Å². The monoisotopic (exact) mass is 437 g/mol. The Morgan fingerprint density at radius 2 is 2.26 bits per heavy atom. The SMILES string of the molecule is CCOc1cccc2cc(C(C)NC(=O)c3sc4nc5n(c(=O)c4c3C)CCC5)oc12. The van der Waals surface area contributed by atoms with Gasteiger partial charge in [0.2, 0.25) is 0 Å². The second kappa shape index (κ2) is 7.53. The molecule has 1 N–H and O–H groups in total. The molecule has 0 saturated carbocycles. The average molecular weight is 438 g/mol. The van der Waals surface area contributed by atoms with E-state index in [9.17, 15) is 9.59 Å². The van der Waals surface area contributed by atoms with Crippen LogP contribution >= 0.6 is 11.3 Å². The lowest BCUT2D eigenvalue weighted by molar-refractivity contribution is 0.0939. The van der Waals surface area contributed by atoms with Crippen molar-refractivity contribution in [2.24, 2.45) is 0 Å². The highest BCUT2D eigenvalue weighted by molar-refractivity contribution is 7.20. The van der Waals surface area contributed by atoms with Crippen molar-refractivity contribution in [2.75, 3.05) is 6.61 Å². The number of carbonyl (C=O) groups is 1. The first-order valence-corrected chi connectivity index (χ1v) is 11.3. The number of amides is 1. The van der Waals surface area contributed by atoms with E-state index in [-0.39, 0.29) is 17.5 Å². The van der Waals surface area contributed by atoms with Gasteiger partial charge in [-0.1, -0.05) is 12.1 Å². The van der Waals surface area contributed by atoms with Crippen LogP contribution in [0.15, 0.2) is 33.5 Å². The van der Waals surface area contributed by atoms with E-state index in [0.29, 0.717) is 50.9 Å². The molecule has 0 saturated heterocycles. The molecular weight excluding hydrogens is 414 g/mol. The summed E-state index contributed by atoms with van der Waals surface area (Å²) in [5, 5.41) is 4.48. The summed E-state index contributed by atoms with van der Waals surface area (Å²) in [6.07, 6.45) is 1.74. The molecule has 7 nitrogen and oxygen atoms in total. The van der Waals surface area contributed by atoms with Crippen LogP contribution in [0.25, 0.3) is 21.2 Å². The topological polar surface area (TPSA) is 86.4 Å². The Labute approximate surface area is 182 Å². The van der Waals surface area contributed by atoms with Crippen molar-refractivity contribution in [1.82, 2.24) is 14.9 Å². The van der Waals surface area contributed by atoms with Crippen LogP contribution in [0.1, 0.15) is 53.1 Å². The smallest absolute Gasteiger partial charge is 0.262 e. The lowest BCUT2D eigenvalue weighted by Gasteiger charge is -2.11. The molecule has 0 bridgehead atoms. The van der Waals surface area contributed by atoms with Crippen LogP contribution in [0.3, 0.4) is 0 Å². The van der Waals surface area contributed by atoms with Crippen LogP contribution in [0.4, 0.5) is 0 Å². The summed E-state index contributed by atoms with van der Waals surface area (Å²) in [4.78, 5) is 31.7. The van der Waals surface area contributed by atoms with Gasteiger partial charge in [-0.15, -0.1) is 11.3 Å². The highest BCUT2D eigenvalue weighted by atomic mass is 32.1. The van der Waals surface area contributed by atoms with E-state index >= 15 is 0 Å². The molecular formula is C23H23N3O4S. The summed E-state index contributed by atoms with van der Waals surface area (Å²) in [6, 6.07) is 7.30. The summed E-state index contributed by atoms with van der Waals surface area (Å²) >= 11 is 1.28. The van der Waals surface area contributed by atoms with E-state index in [4.69, 9.17) is 9.15 Å². The van der Waals surface area contributed by atoms with Gasteiger partial charge in [0.25, 0.3) is 11.5 Å². The van der Waals surface area contributed by atoms with E-state index in [0.717, 1.165) is 24.1 Å². The Morgan fingerprint density at radius 3 is 3.06 bits per heavy atom. The third-order valence-corrected chi connectivity index (χ3v) is 6.90. The van der Waals surface area contributed by atoms with Gasteiger partial charge in [0, 0.05) is 18.4 Å². The number of carbonyl (C=O) groups excluding carboxylic acids is 1. The minimum Gasteiger partial charge on any atom is -0.490 e. The highest BCUT2D eigenvalue weighted by Crippen LogP contribution is 2.32. The molecule has 3 aromatic heterocycles. The molecule has 31 heavy (non-hydrogen) atoms. The first kappa shape index (κ1) is 19.8. The zero-order chi connectivity index (χ0) is 21.7. The van der Waals surface area contributed by atoms with Gasteiger partial charge in [-0.05, 0) is 44.9 Å². The van der Waals surface area contributed by atoms with Crippen LogP contribution in [0, 0.1) is 6.92 Å². The maximum Gasteiger partial charge on any atom is 0.262 e. The van der Waals surface area contributed by atoms with Gasteiger partial charge in [0.05, 0.1) is 22.9 Å². The van der Waals surface area contributed by atoms with Crippen molar-refractivity contribution in [3.63, 3.8) is 0 Å². The molecule has 0 fully saturated rings. The maximum absolute atomic E-state index is 13.1. The van der Waals surface area contributed by atoms with Crippen LogP contribution in [-0.2, 0) is 13.0 Å². The second-order valence-corrected chi connectivity index (χ2v) is 8.78. The number of rotatable bonds is 5. The molecule has 4 heterocycles. The molecule has 5 rings (SSSR count). The number of nitrogens with zero attached hydrogens (tertiary/aromatic N) is 2. The maximum atomic E-state index is 13.1. The molecule has 1 unspecified atom stereocenters. The largest absolute Gasteiger partial charge is 0.490 e. The van der Waals surface area contributed by atoms with Gasteiger partial charge in [0.1, 0.15) is 16.4 Å². The lowest BCUT2D eigenvalue weighted by Crippen LogP contribution is -2.26. The fourth-order valence-electron chi connectivity index (χ4n) is 4.16. The fourth-order valence-corrected chi connectivity index (χ4v) is 5.26. The standard InChI is InChI=1S/C23H23N3O4S/c1-4-29-15-8-5-7-14-11-16(30-19(14)15)13(3)24-21(27)20-12(2)18-22(31-20)25-17-9-6-10-26(17)23(18)28/h5,7-8,11,13H,4,6,9-10H2,1-3H3,(H,24,27). The third-order valence-electron chi connectivity index (χ3n) is 5.72. The fraction of sp³-hybridized carbons (Fsp3) is 0.348. The predicted molar refractivity (Wildman–Crippen MR) is 120 cm³/mol. The van der Waals surface area contributed by atoms with Crippen LogP contribution in [-0.4, -0.2) is 22.1 Å². The molecule has 1 atom stereocenters. The van der Waals surface area contributed by atoms with Crippen molar-refractivity contribution in [3.05, 3.63) is 56.6 Å². The van der Waals surface area contributed by atoms with E-state index in [1.807, 2.05) is 45.0 Å². The van der Waals surface area contributed by atoms with E-state index in [1.54, 1.807) is 4.57 Å². The lowest BCUT2D eigenvalue weighted by atomic mass is 10.2. The van der Waals surface area contributed by atoms with Crippen molar-refractivity contribution in [3.8, 4) is 5.75 Å². The first-order chi connectivity index (χ1) is 15.0. The minimum absolute atomic E-state index is 0.0425. The number of hydrogen-bond donors (Lipinski definition) is 1. The molecule has 160 valence electrons. The Bertz CT molecular complexity index is 1380. The zero-order valence-electron chi connectivity index (χ0n) is 17.7. The predicted octanol–water partition coefficient (Wildman–Crippen LogP) is 4.35. The number of para-hydroxylation sites is 1. The highest BCUT2D eigenvalue weighted by Gasteiger charge is 2.25. The average Bonchev–Trinajstić information content (AvgIpc) is 3.46. The van der Waals surface area contributed by atoms with Gasteiger partial charge in [-0.25, -0.2) is 4.98 Å². The molecule has 4 aromatic rings. The van der Waals surface area contributed by atoms with E-state index in [1.165, 1.54) is 11.3 Å². The Kier molecular flexibility index (Phi) is 4.81.